The van der Waals surface area contributed by atoms with E-state index >= 15 is 0 Å². The van der Waals surface area contributed by atoms with Crippen LogP contribution in [-0.4, -0.2) is 26.3 Å². The van der Waals surface area contributed by atoms with Crippen LogP contribution < -0.4 is 5.46 Å². The monoisotopic (exact) mass is 359 g/mol. The third-order valence-electron chi connectivity index (χ3n) is 3.45. The van der Waals surface area contributed by atoms with Gasteiger partial charge in [-0.2, -0.15) is 0 Å². The fourth-order valence-electron chi connectivity index (χ4n) is 2.29. The molecule has 0 bridgehead atoms. The van der Waals surface area contributed by atoms with Crippen molar-refractivity contribution in [2.45, 2.75) is 20.3 Å². The van der Waals surface area contributed by atoms with E-state index < -0.39 is 0 Å². The highest BCUT2D eigenvalue weighted by Crippen LogP contribution is 2.32. The molecule has 3 nitrogen and oxygen atoms in total. The summed E-state index contributed by atoms with van der Waals surface area (Å²) in [5.41, 5.74) is 3.22. The Kier molecular flexibility index (Phi) is 8.22. The largest absolute Gasteiger partial charge is 0.471 e. The van der Waals surface area contributed by atoms with Gasteiger partial charge in [-0.1, -0.05) is 42.7 Å². The van der Waals surface area contributed by atoms with Gasteiger partial charge in [0.25, 0.3) is 6.47 Å². The molecule has 6 heteroatoms. The third-order valence-corrected chi connectivity index (χ3v) is 3.86. The predicted molar refractivity (Wildman–Crippen MR) is 102 cm³/mol. The highest BCUT2D eigenvalue weighted by atomic mass is 35.5. The van der Waals surface area contributed by atoms with E-state index in [1.807, 2.05) is 32.2 Å². The van der Waals surface area contributed by atoms with Gasteiger partial charge in [-0.25, -0.2) is 4.39 Å². The molecule has 1 aliphatic heterocycles. The zero-order valence-electron chi connectivity index (χ0n) is 14.6. The molecule has 0 spiro atoms. The predicted octanol–water partition coefficient (Wildman–Crippen LogP) is 4.02. The second-order valence-corrected chi connectivity index (χ2v) is 5.58. The van der Waals surface area contributed by atoms with Crippen LogP contribution in [0.15, 0.2) is 59.6 Å². The number of ether oxygens (including phenoxy) is 1. The van der Waals surface area contributed by atoms with Crippen LogP contribution in [0.2, 0.25) is 0 Å². The van der Waals surface area contributed by atoms with Gasteiger partial charge in [0.2, 0.25) is 0 Å². The van der Waals surface area contributed by atoms with E-state index in [4.69, 9.17) is 24.2 Å². The number of carbonyl (C=O) groups excluding carboxylic acids is 1. The number of hydrogen-bond acceptors (Lipinski definition) is 3. The number of carbonyl (C=O) groups is 1. The van der Waals surface area contributed by atoms with Crippen LogP contribution in [0, 0.1) is 5.82 Å². The molecule has 25 heavy (non-hydrogen) atoms. The van der Waals surface area contributed by atoms with Crippen molar-refractivity contribution in [3.05, 3.63) is 70.9 Å². The van der Waals surface area contributed by atoms with Gasteiger partial charge in [0.15, 0.2) is 0 Å². The van der Waals surface area contributed by atoms with E-state index in [2.05, 4.69) is 11.3 Å². The molecular weight excluding hydrogens is 339 g/mol. The first-order chi connectivity index (χ1) is 11.9. The Bertz CT molecular complexity index is 721. The minimum atomic E-state index is -0.372. The van der Waals surface area contributed by atoms with E-state index in [9.17, 15) is 4.39 Å². The quantitative estimate of drug-likeness (QED) is 0.462. The smallest absolute Gasteiger partial charge is 0.292 e. The van der Waals surface area contributed by atoms with Crippen LogP contribution in [-0.2, 0) is 9.53 Å². The van der Waals surface area contributed by atoms with E-state index in [0.29, 0.717) is 34.6 Å². The Morgan fingerprint density at radius 3 is 2.60 bits per heavy atom. The second kappa shape index (κ2) is 9.89. The first-order valence-corrected chi connectivity index (χ1v) is 7.99. The lowest BCUT2D eigenvalue weighted by atomic mass is 9.86. The second-order valence-electron chi connectivity index (χ2n) is 5.22. The van der Waals surface area contributed by atoms with Gasteiger partial charge in [0.05, 0.1) is 7.11 Å². The van der Waals surface area contributed by atoms with Gasteiger partial charge >= 0.3 is 0 Å². The topological polar surface area (TPSA) is 29.5 Å². The summed E-state index contributed by atoms with van der Waals surface area (Å²) in [5, 5.41) is 0.416. The molecule has 130 valence electrons. The van der Waals surface area contributed by atoms with Crippen molar-refractivity contribution in [3.8, 4) is 0 Å². The van der Waals surface area contributed by atoms with Crippen LogP contribution in [0.3, 0.4) is 0 Å². The fraction of sp³-hybridized carbons (Fsp3) is 0.211. The van der Waals surface area contributed by atoms with Gasteiger partial charge in [0.1, 0.15) is 18.8 Å². The lowest BCUT2D eigenvalue weighted by molar-refractivity contribution is -0.126. The summed E-state index contributed by atoms with van der Waals surface area (Å²) in [7, 11) is 7.23. The summed E-state index contributed by atoms with van der Waals surface area (Å²) in [6, 6.07) is 4.64. The summed E-state index contributed by atoms with van der Waals surface area (Å²) >= 11 is 6.49. The van der Waals surface area contributed by atoms with Crippen molar-refractivity contribution in [3.63, 3.8) is 0 Å². The van der Waals surface area contributed by atoms with Crippen LogP contribution in [0.1, 0.15) is 25.8 Å². The Hall–Kier alpha value is -2.27. The molecule has 0 aromatic heterocycles. The molecule has 1 aliphatic rings. The Morgan fingerprint density at radius 1 is 1.48 bits per heavy atom. The summed E-state index contributed by atoms with van der Waals surface area (Å²) in [5.74, 6) is -0.372. The molecule has 0 saturated carbocycles. The Morgan fingerprint density at radius 2 is 2.12 bits per heavy atom. The van der Waals surface area contributed by atoms with Crippen molar-refractivity contribution >= 4 is 37.0 Å². The SMILES string of the molecule is COC=O.[B]c1cccc(F)c1/C(CC)=C(\Cl)N1C=CC(C)=CC1=C. The lowest BCUT2D eigenvalue weighted by Crippen LogP contribution is -2.18. The Balaban J connectivity index is 0.000000705. The van der Waals surface area contributed by atoms with Gasteiger partial charge in [-0.05, 0) is 42.7 Å². The summed E-state index contributed by atoms with van der Waals surface area (Å²) in [6.07, 6.45) is 6.23. The first-order valence-electron chi connectivity index (χ1n) is 7.61. The summed E-state index contributed by atoms with van der Waals surface area (Å²) in [6.45, 7) is 8.25. The molecule has 0 unspecified atom stereocenters. The molecule has 0 N–H and O–H groups in total. The van der Waals surface area contributed by atoms with E-state index in [-0.39, 0.29) is 5.82 Å². The van der Waals surface area contributed by atoms with Gasteiger partial charge < -0.3 is 9.64 Å². The van der Waals surface area contributed by atoms with Gasteiger partial charge in [-0.3, -0.25) is 4.79 Å². The molecule has 0 fully saturated rings. The molecule has 1 aromatic carbocycles. The maximum absolute atomic E-state index is 14.1. The van der Waals surface area contributed by atoms with Crippen molar-refractivity contribution < 1.29 is 13.9 Å². The molecule has 0 aliphatic carbocycles. The minimum absolute atomic E-state index is 0.359. The van der Waals surface area contributed by atoms with E-state index in [0.717, 1.165) is 11.3 Å². The molecule has 1 aromatic rings. The summed E-state index contributed by atoms with van der Waals surface area (Å²) < 4.78 is 18.0. The van der Waals surface area contributed by atoms with Gasteiger partial charge in [-0.15, -0.1) is 0 Å². The normalized spacial score (nSPS) is 14.2. The number of nitrogens with zero attached hydrogens (tertiary/aromatic N) is 1. The minimum Gasteiger partial charge on any atom is -0.471 e. The van der Waals surface area contributed by atoms with Crippen molar-refractivity contribution in [2.75, 3.05) is 7.11 Å². The zero-order valence-corrected chi connectivity index (χ0v) is 15.3. The van der Waals surface area contributed by atoms with Crippen molar-refractivity contribution in [2.24, 2.45) is 0 Å². The molecule has 2 rings (SSSR count). The highest BCUT2D eigenvalue weighted by Gasteiger charge is 2.18. The third kappa shape index (κ3) is 5.36. The number of halogens is 2. The highest BCUT2D eigenvalue weighted by molar-refractivity contribution is 6.37. The molecule has 0 amide bonds. The van der Waals surface area contributed by atoms with Crippen molar-refractivity contribution in [1.29, 1.82) is 0 Å². The zero-order chi connectivity index (χ0) is 19.0. The molecule has 1 heterocycles. The molecule has 0 saturated heterocycles. The van der Waals surface area contributed by atoms with E-state index in [1.165, 1.54) is 13.2 Å². The van der Waals surface area contributed by atoms with Crippen LogP contribution in [0.4, 0.5) is 4.39 Å². The molecule has 0 atom stereocenters. The average molecular weight is 360 g/mol. The number of allylic oxidation sites excluding steroid dienone is 4. The fourth-order valence-corrected chi connectivity index (χ4v) is 2.68. The maximum atomic E-state index is 14.1. The summed E-state index contributed by atoms with van der Waals surface area (Å²) in [4.78, 5) is 10.7. The van der Waals surface area contributed by atoms with E-state index in [1.54, 1.807) is 17.0 Å². The van der Waals surface area contributed by atoms with Gasteiger partial charge in [0, 0.05) is 17.5 Å². The van der Waals surface area contributed by atoms with Crippen LogP contribution in [0.5, 0.6) is 0 Å². The maximum Gasteiger partial charge on any atom is 0.292 e. The first kappa shape index (κ1) is 20.8. The standard InChI is InChI=1S/C17H16BClFN.C2H4O2/c1-4-13(16-14(18)6-5-7-15(16)20)17(19)21-9-8-11(2)10-12(21)3;1-4-2-3/h5-10H,3-4H2,1-2H3;2H,1H3/b17-13+;. The molecule has 2 radical (unpaired) electrons. The lowest BCUT2D eigenvalue weighted by Gasteiger charge is -2.26. The Labute approximate surface area is 154 Å². The average Bonchev–Trinajstić information content (AvgIpc) is 2.58. The van der Waals surface area contributed by atoms with Crippen LogP contribution >= 0.6 is 11.6 Å². The van der Waals surface area contributed by atoms with Crippen LogP contribution in [0.25, 0.3) is 5.57 Å². The molecular formula is C19H20BClFNO2. The number of benzene rings is 1. The number of rotatable bonds is 4. The number of hydrogen-bond donors (Lipinski definition) is 0. The van der Waals surface area contributed by atoms with Crippen molar-refractivity contribution in [1.82, 2.24) is 4.90 Å². The number of methoxy groups -OCH3 is 1.